The van der Waals surface area contributed by atoms with Crippen LogP contribution in [0.25, 0.3) is 0 Å². The summed E-state index contributed by atoms with van der Waals surface area (Å²) in [7, 11) is 1.32. The van der Waals surface area contributed by atoms with Crippen LogP contribution in [0.3, 0.4) is 0 Å². The lowest BCUT2D eigenvalue weighted by molar-refractivity contribution is -0.129. The molecule has 0 aliphatic carbocycles. The first-order valence-corrected chi connectivity index (χ1v) is 7.57. The maximum absolute atomic E-state index is 11.8. The number of hydrogen-bond acceptors (Lipinski definition) is 5. The summed E-state index contributed by atoms with van der Waals surface area (Å²) in [6.45, 7) is 6.96. The van der Waals surface area contributed by atoms with Gasteiger partial charge < -0.3 is 9.63 Å². The number of phosphoric acid groups is 1. The van der Waals surface area contributed by atoms with Gasteiger partial charge in [0.1, 0.15) is 20.1 Å². The van der Waals surface area contributed by atoms with Gasteiger partial charge in [-0.3, -0.25) is 13.8 Å². The highest BCUT2D eigenvalue weighted by Crippen LogP contribution is 2.48. The highest BCUT2D eigenvalue weighted by atomic mass is 31.2. The lowest BCUT2D eigenvalue weighted by Crippen LogP contribution is -2.30. The second kappa shape index (κ2) is 6.06. The fourth-order valence-electron chi connectivity index (χ4n) is 1.62. The fourth-order valence-corrected chi connectivity index (χ4v) is 2.77. The molecule has 0 bridgehead atoms. The lowest BCUT2D eigenvalue weighted by Gasteiger charge is -2.23. The van der Waals surface area contributed by atoms with E-state index in [0.717, 1.165) is 0 Å². The number of Topliss-reactive ketones (excluding diaryl/α,β-unsaturated/α-hetero) is 1. The molecule has 0 amide bonds. The third-order valence-corrected chi connectivity index (χ3v) is 3.45. The summed E-state index contributed by atoms with van der Waals surface area (Å²) in [5.41, 5.74) is -0.274. The van der Waals surface area contributed by atoms with Gasteiger partial charge in [0.2, 0.25) is 0 Å². The maximum Gasteiger partial charge on any atom is 0.472 e. The third kappa shape index (κ3) is 5.75. The van der Waals surface area contributed by atoms with E-state index in [4.69, 9.17) is 21.6 Å². The first-order valence-electron chi connectivity index (χ1n) is 6.07. The molecule has 1 aliphatic heterocycles. The van der Waals surface area contributed by atoms with Crippen molar-refractivity contribution in [2.45, 2.75) is 52.3 Å². The fraction of sp³-hybridized carbons (Fsp3) is 0.909. The Morgan fingerprint density at radius 2 is 2.11 bits per heavy atom. The predicted molar refractivity (Wildman–Crippen MR) is 69.8 cm³/mol. The van der Waals surface area contributed by atoms with Crippen molar-refractivity contribution in [3.63, 3.8) is 0 Å². The van der Waals surface area contributed by atoms with E-state index in [0.29, 0.717) is 0 Å². The van der Waals surface area contributed by atoms with Crippen molar-refractivity contribution < 1.29 is 28.0 Å². The van der Waals surface area contributed by atoms with E-state index in [1.165, 1.54) is 6.92 Å². The maximum atomic E-state index is 11.8. The van der Waals surface area contributed by atoms with Gasteiger partial charge in [-0.05, 0) is 18.8 Å². The molecule has 19 heavy (non-hydrogen) atoms. The van der Waals surface area contributed by atoms with E-state index in [9.17, 15) is 14.3 Å². The Hall–Kier alpha value is -0.195. The van der Waals surface area contributed by atoms with Crippen molar-refractivity contribution in [3.8, 4) is 0 Å². The van der Waals surface area contributed by atoms with Crippen molar-refractivity contribution in [2.75, 3.05) is 6.61 Å². The Bertz CT molecular complexity index is 380. The number of hydrogen-bond donors (Lipinski definition) is 1. The monoisotopic (exact) mass is 290 g/mol. The average molecular weight is 290 g/mol. The normalized spacial score (nSPS) is 31.1. The standard InChI is InChI=1S/C11H20BO6P/c1-7(13)10-8(5-9(12)17-10)18-19(14,15)16-6-11(2,3)4/h8-10H,5-6H2,1-4H3,(H,14,15)/t8-,9-,10-/m1/s1. The highest BCUT2D eigenvalue weighted by molar-refractivity contribution is 7.47. The van der Waals surface area contributed by atoms with Crippen LogP contribution in [-0.2, 0) is 23.1 Å². The molecule has 8 heteroatoms. The Kier molecular flexibility index (Phi) is 5.38. The van der Waals surface area contributed by atoms with Gasteiger partial charge >= 0.3 is 7.82 Å². The van der Waals surface area contributed by atoms with E-state index in [1.807, 2.05) is 20.8 Å². The van der Waals surface area contributed by atoms with Crippen LogP contribution in [0.2, 0.25) is 0 Å². The van der Waals surface area contributed by atoms with Crippen molar-refractivity contribution in [1.29, 1.82) is 0 Å². The minimum atomic E-state index is -4.23. The van der Waals surface area contributed by atoms with E-state index < -0.39 is 26.0 Å². The lowest BCUT2D eigenvalue weighted by atomic mass is 9.96. The zero-order valence-corrected chi connectivity index (χ0v) is 12.6. The summed E-state index contributed by atoms with van der Waals surface area (Å²) in [6, 6.07) is -0.679. The molecule has 1 heterocycles. The molecule has 6 nitrogen and oxygen atoms in total. The van der Waals surface area contributed by atoms with Gasteiger partial charge in [-0.1, -0.05) is 20.8 Å². The van der Waals surface area contributed by atoms with Crippen LogP contribution in [0.1, 0.15) is 34.1 Å². The van der Waals surface area contributed by atoms with Crippen LogP contribution in [0.15, 0.2) is 0 Å². The zero-order chi connectivity index (χ0) is 14.8. The molecule has 0 spiro atoms. The van der Waals surface area contributed by atoms with E-state index in [1.54, 1.807) is 0 Å². The quantitative estimate of drug-likeness (QED) is 0.609. The molecule has 1 saturated heterocycles. The van der Waals surface area contributed by atoms with Crippen molar-refractivity contribution >= 4 is 21.5 Å². The first-order chi connectivity index (χ1) is 8.50. The van der Waals surface area contributed by atoms with Crippen molar-refractivity contribution in [3.05, 3.63) is 0 Å². The van der Waals surface area contributed by atoms with E-state index in [-0.39, 0.29) is 24.2 Å². The summed E-state index contributed by atoms with van der Waals surface area (Å²) >= 11 is 0. The summed E-state index contributed by atoms with van der Waals surface area (Å²) in [5.74, 6) is -0.297. The van der Waals surface area contributed by atoms with Crippen LogP contribution < -0.4 is 0 Å². The molecule has 0 aromatic carbocycles. The Morgan fingerprint density at radius 1 is 1.53 bits per heavy atom. The van der Waals surface area contributed by atoms with E-state index >= 15 is 0 Å². The highest BCUT2D eigenvalue weighted by Gasteiger charge is 2.41. The van der Waals surface area contributed by atoms with Gasteiger partial charge in [0, 0.05) is 6.00 Å². The number of phosphoric ester groups is 1. The number of rotatable bonds is 5. The topological polar surface area (TPSA) is 82.1 Å². The van der Waals surface area contributed by atoms with Crippen LogP contribution in [0, 0.1) is 5.41 Å². The summed E-state index contributed by atoms with van der Waals surface area (Å²) in [4.78, 5) is 21.0. The SMILES string of the molecule is [B][C@H]1C[C@@H](OP(=O)(O)OCC(C)(C)C)[C@@H](C(C)=O)O1. The van der Waals surface area contributed by atoms with Gasteiger partial charge in [-0.25, -0.2) is 4.57 Å². The molecule has 1 unspecified atom stereocenters. The molecular formula is C11H20BO6P. The number of ether oxygens (including phenoxy) is 1. The zero-order valence-electron chi connectivity index (χ0n) is 11.7. The second-order valence-corrected chi connectivity index (χ2v) is 7.29. The van der Waals surface area contributed by atoms with Crippen molar-refractivity contribution in [2.24, 2.45) is 5.41 Å². The van der Waals surface area contributed by atoms with Gasteiger partial charge in [-0.15, -0.1) is 0 Å². The summed E-state index contributed by atoms with van der Waals surface area (Å²) in [6.07, 6.45) is -1.61. The van der Waals surface area contributed by atoms with Crippen LogP contribution in [0.5, 0.6) is 0 Å². The Morgan fingerprint density at radius 3 is 2.58 bits per heavy atom. The molecule has 0 aromatic heterocycles. The molecular weight excluding hydrogens is 270 g/mol. The van der Waals surface area contributed by atoms with Crippen LogP contribution >= 0.6 is 7.82 Å². The average Bonchev–Trinajstić information content (AvgIpc) is 2.55. The number of carbonyl (C=O) groups excluding carboxylic acids is 1. The molecule has 108 valence electrons. The first kappa shape index (κ1) is 16.9. The van der Waals surface area contributed by atoms with Crippen molar-refractivity contribution in [1.82, 2.24) is 0 Å². The molecule has 4 atom stereocenters. The van der Waals surface area contributed by atoms with Gasteiger partial charge in [0.15, 0.2) is 5.78 Å². The van der Waals surface area contributed by atoms with Gasteiger partial charge in [-0.2, -0.15) is 0 Å². The summed E-state index contributed by atoms with van der Waals surface area (Å²) < 4.78 is 26.8. The predicted octanol–water partition coefficient (Wildman–Crippen LogP) is 1.41. The molecule has 0 aromatic rings. The van der Waals surface area contributed by atoms with Gasteiger partial charge in [0.25, 0.3) is 0 Å². The smallest absolute Gasteiger partial charge is 0.374 e. The molecule has 0 saturated carbocycles. The molecule has 1 fully saturated rings. The minimum Gasteiger partial charge on any atom is -0.374 e. The molecule has 1 rings (SSSR count). The van der Waals surface area contributed by atoms with Crippen LogP contribution in [0.4, 0.5) is 0 Å². The minimum absolute atomic E-state index is 0.0607. The van der Waals surface area contributed by atoms with Crippen LogP contribution in [-0.4, -0.2) is 43.3 Å². The second-order valence-electron chi connectivity index (χ2n) is 5.89. The number of carbonyl (C=O) groups is 1. The number of ketones is 1. The Balaban J connectivity index is 2.61. The molecule has 1 aliphatic rings. The Labute approximate surface area is 114 Å². The molecule has 1 N–H and O–H groups in total. The van der Waals surface area contributed by atoms with E-state index in [2.05, 4.69) is 0 Å². The van der Waals surface area contributed by atoms with Gasteiger partial charge in [0.05, 0.1) is 6.61 Å². The third-order valence-electron chi connectivity index (χ3n) is 2.45. The summed E-state index contributed by atoms with van der Waals surface area (Å²) in [5, 5.41) is 0. The molecule has 2 radical (unpaired) electrons. The largest absolute Gasteiger partial charge is 0.472 e.